The summed E-state index contributed by atoms with van der Waals surface area (Å²) < 4.78 is 3.13. The molecule has 0 saturated heterocycles. The summed E-state index contributed by atoms with van der Waals surface area (Å²) in [4.78, 5) is 0. The number of nitrogens with one attached hydrogen (secondary N) is 1. The van der Waals surface area contributed by atoms with Crippen LogP contribution in [0.2, 0.25) is 0 Å². The van der Waals surface area contributed by atoms with E-state index < -0.39 is 0 Å². The Morgan fingerprint density at radius 2 is 1.88 bits per heavy atom. The first kappa shape index (κ1) is 8.66. The minimum absolute atomic E-state index is 0.553. The van der Waals surface area contributed by atoms with E-state index in [4.69, 9.17) is 0 Å². The van der Waals surface area contributed by atoms with Crippen molar-refractivity contribution in [3.05, 3.63) is 0 Å². The van der Waals surface area contributed by atoms with E-state index >= 15 is 0 Å². The van der Waals surface area contributed by atoms with Crippen LogP contribution in [0.5, 0.6) is 0 Å². The highest BCUT2D eigenvalue weighted by atomic mass is 33.1. The van der Waals surface area contributed by atoms with E-state index in [2.05, 4.69) is 37.2 Å². The van der Waals surface area contributed by atoms with Crippen LogP contribution in [-0.2, 0) is 0 Å². The molecule has 0 aliphatic carbocycles. The van der Waals surface area contributed by atoms with Gasteiger partial charge in [-0.3, -0.25) is 4.72 Å². The SMILES string of the molecule is CC(C)[C@H](C)NSS. The van der Waals surface area contributed by atoms with E-state index in [0.717, 1.165) is 0 Å². The van der Waals surface area contributed by atoms with Crippen LogP contribution in [0.15, 0.2) is 0 Å². The fourth-order valence-electron chi connectivity index (χ4n) is 0.219. The maximum atomic E-state index is 3.96. The Bertz CT molecular complexity index is 56.4. The first-order chi connectivity index (χ1) is 3.68. The van der Waals surface area contributed by atoms with Crippen molar-refractivity contribution in [1.29, 1.82) is 0 Å². The normalized spacial score (nSPS) is 14.6. The summed E-state index contributed by atoms with van der Waals surface area (Å²) in [6.07, 6.45) is 0. The molecule has 0 unspecified atom stereocenters. The number of hydrogen-bond acceptors (Lipinski definition) is 3. The second kappa shape index (κ2) is 4.53. The van der Waals surface area contributed by atoms with Crippen molar-refractivity contribution < 1.29 is 0 Å². The minimum Gasteiger partial charge on any atom is -0.252 e. The van der Waals surface area contributed by atoms with Crippen molar-refractivity contribution in [3.8, 4) is 0 Å². The molecule has 0 heterocycles. The molecule has 0 aromatic carbocycles. The predicted octanol–water partition coefficient (Wildman–Crippen LogP) is 2.11. The van der Waals surface area contributed by atoms with Gasteiger partial charge < -0.3 is 0 Å². The average Bonchev–Trinajstić information content (AvgIpc) is 1.67. The summed E-state index contributed by atoms with van der Waals surface area (Å²) in [6.45, 7) is 6.51. The van der Waals surface area contributed by atoms with Gasteiger partial charge >= 0.3 is 0 Å². The van der Waals surface area contributed by atoms with Gasteiger partial charge in [0.1, 0.15) is 0 Å². The molecule has 0 aromatic heterocycles. The van der Waals surface area contributed by atoms with Crippen LogP contribution >= 0.6 is 22.6 Å². The van der Waals surface area contributed by atoms with Crippen LogP contribution in [0.3, 0.4) is 0 Å². The van der Waals surface area contributed by atoms with Crippen molar-refractivity contribution in [1.82, 2.24) is 4.72 Å². The smallest absolute Gasteiger partial charge is 0.0174 e. The molecule has 0 bridgehead atoms. The Kier molecular flexibility index (Phi) is 4.90. The quantitative estimate of drug-likeness (QED) is 0.364. The molecule has 0 amide bonds. The highest BCUT2D eigenvalue weighted by Gasteiger charge is 2.03. The topological polar surface area (TPSA) is 12.0 Å². The van der Waals surface area contributed by atoms with Crippen molar-refractivity contribution in [3.63, 3.8) is 0 Å². The molecule has 0 spiro atoms. The fourth-order valence-corrected chi connectivity index (χ4v) is 1.16. The second-order valence-electron chi connectivity index (χ2n) is 2.24. The van der Waals surface area contributed by atoms with E-state index in [1.165, 1.54) is 11.0 Å². The summed E-state index contributed by atoms with van der Waals surface area (Å²) in [5, 5.41) is 0. The van der Waals surface area contributed by atoms with Crippen LogP contribution in [0.1, 0.15) is 20.8 Å². The third-order valence-electron chi connectivity index (χ3n) is 1.24. The van der Waals surface area contributed by atoms with E-state index in [1.54, 1.807) is 0 Å². The van der Waals surface area contributed by atoms with E-state index in [-0.39, 0.29) is 0 Å². The first-order valence-corrected chi connectivity index (χ1v) is 4.61. The average molecular weight is 151 g/mol. The van der Waals surface area contributed by atoms with Crippen molar-refractivity contribution >= 4 is 22.6 Å². The van der Waals surface area contributed by atoms with Crippen LogP contribution in [0, 0.1) is 5.92 Å². The Labute approximate surface area is 60.6 Å². The molecule has 8 heavy (non-hydrogen) atoms. The zero-order chi connectivity index (χ0) is 6.57. The van der Waals surface area contributed by atoms with E-state index in [1.807, 2.05) is 0 Å². The van der Waals surface area contributed by atoms with Gasteiger partial charge in [0.15, 0.2) is 0 Å². The first-order valence-electron chi connectivity index (χ1n) is 2.74. The lowest BCUT2D eigenvalue weighted by Crippen LogP contribution is -2.23. The number of thiol groups is 1. The Hall–Kier alpha value is 0.660. The summed E-state index contributed by atoms with van der Waals surface area (Å²) in [7, 11) is 1.38. The van der Waals surface area contributed by atoms with Crippen LogP contribution in [0.4, 0.5) is 0 Å². The molecule has 0 saturated carbocycles. The van der Waals surface area contributed by atoms with Gasteiger partial charge in [0.25, 0.3) is 0 Å². The molecule has 0 aromatic rings. The predicted molar refractivity (Wildman–Crippen MR) is 44.0 cm³/mol. The van der Waals surface area contributed by atoms with Gasteiger partial charge in [0.2, 0.25) is 0 Å². The highest BCUT2D eigenvalue weighted by molar-refractivity contribution is 8.67. The molecule has 0 fully saturated rings. The lowest BCUT2D eigenvalue weighted by Gasteiger charge is -2.13. The summed E-state index contributed by atoms with van der Waals surface area (Å²) in [6, 6.07) is 0.553. The maximum absolute atomic E-state index is 3.96. The Morgan fingerprint density at radius 3 is 2.00 bits per heavy atom. The number of rotatable bonds is 3. The zero-order valence-corrected chi connectivity index (χ0v) is 7.22. The Morgan fingerprint density at radius 1 is 1.38 bits per heavy atom. The molecule has 0 radical (unpaired) electrons. The monoisotopic (exact) mass is 151 g/mol. The summed E-state index contributed by atoms with van der Waals surface area (Å²) >= 11 is 3.96. The van der Waals surface area contributed by atoms with Crippen molar-refractivity contribution in [2.75, 3.05) is 0 Å². The third-order valence-corrected chi connectivity index (χ3v) is 2.03. The highest BCUT2D eigenvalue weighted by Crippen LogP contribution is 2.06. The lowest BCUT2D eigenvalue weighted by molar-refractivity contribution is 0.503. The second-order valence-corrected chi connectivity index (χ2v) is 3.21. The molecule has 3 heteroatoms. The van der Waals surface area contributed by atoms with Crippen LogP contribution in [0.25, 0.3) is 0 Å². The standard InChI is InChI=1S/C5H13NS2/c1-4(2)5(3)6-8-7/h4-7H,1-3H3/t5-/m0/s1. The molecule has 1 nitrogen and oxygen atoms in total. The Balaban J connectivity index is 3.17. The molecule has 0 aliphatic heterocycles. The van der Waals surface area contributed by atoms with Gasteiger partial charge in [-0.2, -0.15) is 0 Å². The maximum Gasteiger partial charge on any atom is 0.0174 e. The molecule has 50 valence electrons. The number of hydrogen-bond donors (Lipinski definition) is 2. The van der Waals surface area contributed by atoms with Gasteiger partial charge in [-0.1, -0.05) is 25.5 Å². The van der Waals surface area contributed by atoms with Crippen molar-refractivity contribution in [2.24, 2.45) is 5.92 Å². The largest absolute Gasteiger partial charge is 0.252 e. The van der Waals surface area contributed by atoms with E-state index in [0.29, 0.717) is 12.0 Å². The molecular formula is C5H13NS2. The van der Waals surface area contributed by atoms with Gasteiger partial charge in [0, 0.05) is 6.04 Å². The summed E-state index contributed by atoms with van der Waals surface area (Å²) in [5.74, 6) is 0.689. The minimum atomic E-state index is 0.553. The van der Waals surface area contributed by atoms with Gasteiger partial charge in [0.05, 0.1) is 0 Å². The fraction of sp³-hybridized carbons (Fsp3) is 1.00. The molecule has 0 rings (SSSR count). The van der Waals surface area contributed by atoms with Gasteiger partial charge in [-0.25, -0.2) is 0 Å². The molecule has 1 N–H and O–H groups in total. The van der Waals surface area contributed by atoms with Crippen molar-refractivity contribution in [2.45, 2.75) is 26.8 Å². The third kappa shape index (κ3) is 3.64. The zero-order valence-electron chi connectivity index (χ0n) is 5.51. The van der Waals surface area contributed by atoms with Crippen LogP contribution < -0.4 is 4.72 Å². The lowest BCUT2D eigenvalue weighted by atomic mass is 10.1. The molecule has 1 atom stereocenters. The van der Waals surface area contributed by atoms with Gasteiger partial charge in [-0.15, -0.1) is 0 Å². The molecular weight excluding hydrogens is 138 g/mol. The van der Waals surface area contributed by atoms with Crippen LogP contribution in [-0.4, -0.2) is 6.04 Å². The van der Waals surface area contributed by atoms with Gasteiger partial charge in [-0.05, 0) is 23.8 Å². The summed E-state index contributed by atoms with van der Waals surface area (Å²) in [5.41, 5.74) is 0. The van der Waals surface area contributed by atoms with E-state index in [9.17, 15) is 0 Å². The molecule has 0 aliphatic rings.